The Hall–Kier alpha value is -1.62. The zero-order chi connectivity index (χ0) is 15.1. The number of amides is 1. The largest absolute Gasteiger partial charge is 0.352 e. The van der Waals surface area contributed by atoms with Crippen molar-refractivity contribution < 1.29 is 4.79 Å². The summed E-state index contributed by atoms with van der Waals surface area (Å²) in [5.74, 6) is -0.0183. The first-order valence-corrected chi connectivity index (χ1v) is 7.25. The van der Waals surface area contributed by atoms with Gasteiger partial charge in [0.2, 0.25) is 5.91 Å². The van der Waals surface area contributed by atoms with E-state index in [4.69, 9.17) is 12.2 Å². The van der Waals surface area contributed by atoms with Crippen LogP contribution in [0.2, 0.25) is 0 Å². The molecule has 0 aliphatic rings. The first kappa shape index (κ1) is 16.4. The maximum atomic E-state index is 11.8. The summed E-state index contributed by atoms with van der Waals surface area (Å²) >= 11 is 5.37. The van der Waals surface area contributed by atoms with Crippen molar-refractivity contribution in [2.45, 2.75) is 33.7 Å². The maximum Gasteiger partial charge on any atom is 0.239 e. The van der Waals surface area contributed by atoms with Gasteiger partial charge in [-0.25, -0.2) is 0 Å². The first-order valence-electron chi connectivity index (χ1n) is 6.84. The van der Waals surface area contributed by atoms with Gasteiger partial charge in [0.25, 0.3) is 0 Å². The predicted octanol–water partition coefficient (Wildman–Crippen LogP) is 2.54. The molecule has 0 aliphatic carbocycles. The molecule has 1 aromatic rings. The molecule has 0 radical (unpaired) electrons. The van der Waals surface area contributed by atoms with E-state index in [1.54, 1.807) is 0 Å². The average molecular weight is 293 g/mol. The summed E-state index contributed by atoms with van der Waals surface area (Å²) in [6.07, 6.45) is 0. The molecule has 0 spiro atoms. The Bertz CT molecular complexity index is 474. The second kappa shape index (κ2) is 7.85. The lowest BCUT2D eigenvalue weighted by atomic mass is 10.2. The fraction of sp³-hybridized carbons (Fsp3) is 0.467. The number of thiocarbonyl (C=S) groups is 1. The van der Waals surface area contributed by atoms with Crippen LogP contribution >= 0.6 is 12.2 Å². The van der Waals surface area contributed by atoms with E-state index in [2.05, 4.69) is 10.6 Å². The number of hydrogen-bond acceptors (Lipinski definition) is 2. The third-order valence-corrected chi connectivity index (χ3v) is 3.08. The zero-order valence-corrected chi connectivity index (χ0v) is 13.4. The van der Waals surface area contributed by atoms with E-state index in [1.165, 1.54) is 5.56 Å². The standard InChI is InChI=1S/C15H23N3OS/c1-5-18(10-14(19)16-11(2)3)15(20)17-13-8-6-7-12(4)9-13/h6-9,11H,5,10H2,1-4H3,(H,16,19)(H,17,20). The van der Waals surface area contributed by atoms with Crippen molar-refractivity contribution >= 4 is 28.9 Å². The minimum absolute atomic E-state index is 0.0183. The second-order valence-electron chi connectivity index (χ2n) is 5.04. The number of nitrogens with one attached hydrogen (secondary N) is 2. The van der Waals surface area contributed by atoms with Crippen LogP contribution in [0.3, 0.4) is 0 Å². The SMILES string of the molecule is CCN(CC(=O)NC(C)C)C(=S)Nc1cccc(C)c1. The first-order chi connectivity index (χ1) is 9.42. The van der Waals surface area contributed by atoms with Crippen molar-refractivity contribution in [2.75, 3.05) is 18.4 Å². The maximum absolute atomic E-state index is 11.8. The van der Waals surface area contributed by atoms with Gasteiger partial charge in [-0.05, 0) is 57.6 Å². The normalized spacial score (nSPS) is 10.2. The van der Waals surface area contributed by atoms with Gasteiger partial charge < -0.3 is 15.5 Å². The third-order valence-electron chi connectivity index (χ3n) is 2.72. The predicted molar refractivity (Wildman–Crippen MR) is 87.9 cm³/mol. The van der Waals surface area contributed by atoms with Crippen LogP contribution in [-0.2, 0) is 4.79 Å². The van der Waals surface area contributed by atoms with Crippen LogP contribution < -0.4 is 10.6 Å². The van der Waals surface area contributed by atoms with Crippen molar-refractivity contribution in [3.8, 4) is 0 Å². The van der Waals surface area contributed by atoms with Crippen LogP contribution in [0.15, 0.2) is 24.3 Å². The number of aryl methyl sites for hydroxylation is 1. The highest BCUT2D eigenvalue weighted by atomic mass is 32.1. The van der Waals surface area contributed by atoms with Gasteiger partial charge in [-0.15, -0.1) is 0 Å². The van der Waals surface area contributed by atoms with Gasteiger partial charge in [0.1, 0.15) is 0 Å². The van der Waals surface area contributed by atoms with Crippen LogP contribution in [0.5, 0.6) is 0 Å². The summed E-state index contributed by atoms with van der Waals surface area (Å²) in [5.41, 5.74) is 2.11. The highest BCUT2D eigenvalue weighted by Gasteiger charge is 2.13. The molecule has 0 aromatic heterocycles. The van der Waals surface area contributed by atoms with Gasteiger partial charge in [-0.2, -0.15) is 0 Å². The van der Waals surface area contributed by atoms with E-state index in [0.29, 0.717) is 11.7 Å². The van der Waals surface area contributed by atoms with Gasteiger partial charge in [0.05, 0.1) is 6.54 Å². The Morgan fingerprint density at radius 3 is 2.65 bits per heavy atom. The van der Waals surface area contributed by atoms with Gasteiger partial charge in [0.15, 0.2) is 5.11 Å². The number of benzene rings is 1. The van der Waals surface area contributed by atoms with Crippen LogP contribution in [0.4, 0.5) is 5.69 Å². The molecule has 2 N–H and O–H groups in total. The highest BCUT2D eigenvalue weighted by molar-refractivity contribution is 7.80. The van der Waals surface area contributed by atoms with E-state index in [0.717, 1.165) is 5.69 Å². The molecular weight excluding hydrogens is 270 g/mol. The molecular formula is C15H23N3OS. The number of carbonyl (C=O) groups is 1. The van der Waals surface area contributed by atoms with Gasteiger partial charge in [-0.3, -0.25) is 4.79 Å². The fourth-order valence-corrected chi connectivity index (χ4v) is 2.11. The zero-order valence-electron chi connectivity index (χ0n) is 12.6. The molecule has 0 saturated heterocycles. The summed E-state index contributed by atoms with van der Waals surface area (Å²) in [4.78, 5) is 13.6. The molecule has 0 fully saturated rings. The Morgan fingerprint density at radius 2 is 2.10 bits per heavy atom. The summed E-state index contributed by atoms with van der Waals surface area (Å²) in [5, 5.41) is 6.60. The molecule has 1 rings (SSSR count). The fourth-order valence-electron chi connectivity index (χ4n) is 1.79. The minimum Gasteiger partial charge on any atom is -0.352 e. The number of nitrogens with zero attached hydrogens (tertiary/aromatic N) is 1. The molecule has 5 heteroatoms. The van der Waals surface area contributed by atoms with Crippen molar-refractivity contribution in [3.05, 3.63) is 29.8 Å². The van der Waals surface area contributed by atoms with Crippen LogP contribution in [-0.4, -0.2) is 35.1 Å². The van der Waals surface area contributed by atoms with Crippen molar-refractivity contribution in [1.82, 2.24) is 10.2 Å². The van der Waals surface area contributed by atoms with Gasteiger partial charge >= 0.3 is 0 Å². The molecule has 0 bridgehead atoms. The van der Waals surface area contributed by atoms with E-state index >= 15 is 0 Å². The number of likely N-dealkylation sites (N-methyl/N-ethyl adjacent to an activating group) is 1. The Balaban J connectivity index is 2.61. The number of rotatable bonds is 5. The number of carbonyl (C=O) groups excluding carboxylic acids is 1. The van der Waals surface area contributed by atoms with E-state index < -0.39 is 0 Å². The Morgan fingerprint density at radius 1 is 1.40 bits per heavy atom. The van der Waals surface area contributed by atoms with E-state index in [9.17, 15) is 4.79 Å². The summed E-state index contributed by atoms with van der Waals surface area (Å²) in [7, 11) is 0. The van der Waals surface area contributed by atoms with E-state index in [-0.39, 0.29) is 18.5 Å². The van der Waals surface area contributed by atoms with Gasteiger partial charge in [-0.1, -0.05) is 12.1 Å². The molecule has 1 amide bonds. The van der Waals surface area contributed by atoms with Crippen LogP contribution in [0.1, 0.15) is 26.3 Å². The lowest BCUT2D eigenvalue weighted by Crippen LogP contribution is -2.44. The molecule has 4 nitrogen and oxygen atoms in total. The average Bonchev–Trinajstić information content (AvgIpc) is 2.34. The molecule has 0 saturated carbocycles. The Labute approximate surface area is 126 Å². The lowest BCUT2D eigenvalue weighted by molar-refractivity contribution is -0.121. The molecule has 20 heavy (non-hydrogen) atoms. The Kier molecular flexibility index (Phi) is 6.45. The number of hydrogen-bond donors (Lipinski definition) is 2. The topological polar surface area (TPSA) is 44.4 Å². The van der Waals surface area contributed by atoms with Crippen molar-refractivity contribution in [2.24, 2.45) is 0 Å². The highest BCUT2D eigenvalue weighted by Crippen LogP contribution is 2.10. The number of anilines is 1. The molecule has 0 unspecified atom stereocenters. The van der Waals surface area contributed by atoms with E-state index in [1.807, 2.05) is 56.9 Å². The quantitative estimate of drug-likeness (QED) is 0.819. The third kappa shape index (κ3) is 5.57. The smallest absolute Gasteiger partial charge is 0.239 e. The second-order valence-corrected chi connectivity index (χ2v) is 5.42. The lowest BCUT2D eigenvalue weighted by Gasteiger charge is -2.24. The van der Waals surface area contributed by atoms with Crippen LogP contribution in [0, 0.1) is 6.92 Å². The minimum atomic E-state index is -0.0183. The van der Waals surface area contributed by atoms with Crippen LogP contribution in [0.25, 0.3) is 0 Å². The molecule has 1 aromatic carbocycles. The summed E-state index contributed by atoms with van der Waals surface area (Å²) in [6, 6.07) is 8.12. The molecule has 0 heterocycles. The van der Waals surface area contributed by atoms with Crippen molar-refractivity contribution in [1.29, 1.82) is 0 Å². The molecule has 0 aliphatic heterocycles. The molecule has 110 valence electrons. The van der Waals surface area contributed by atoms with Gasteiger partial charge in [0, 0.05) is 18.3 Å². The molecule has 0 atom stereocenters. The van der Waals surface area contributed by atoms with Crippen molar-refractivity contribution in [3.63, 3.8) is 0 Å². The monoisotopic (exact) mass is 293 g/mol. The summed E-state index contributed by atoms with van der Waals surface area (Å²) in [6.45, 7) is 8.85. The summed E-state index contributed by atoms with van der Waals surface area (Å²) < 4.78 is 0.